The number of rotatable bonds is 7. The molecule has 21 heavy (non-hydrogen) atoms. The van der Waals surface area contributed by atoms with Gasteiger partial charge >= 0.3 is 0 Å². The van der Waals surface area contributed by atoms with Crippen molar-refractivity contribution in [2.24, 2.45) is 11.7 Å². The highest BCUT2D eigenvalue weighted by atomic mass is 16.6. The van der Waals surface area contributed by atoms with E-state index in [4.69, 9.17) is 5.73 Å². The molecule has 0 aliphatic heterocycles. The van der Waals surface area contributed by atoms with E-state index in [1.807, 2.05) is 0 Å². The van der Waals surface area contributed by atoms with Crippen LogP contribution in [0.5, 0.6) is 0 Å². The molecule has 2 rings (SSSR count). The third-order valence-corrected chi connectivity index (χ3v) is 3.43. The van der Waals surface area contributed by atoms with E-state index in [1.165, 1.54) is 18.2 Å². The van der Waals surface area contributed by atoms with Gasteiger partial charge in [-0.25, -0.2) is 0 Å². The summed E-state index contributed by atoms with van der Waals surface area (Å²) >= 11 is 0. The Balaban J connectivity index is 1.94. The Morgan fingerprint density at radius 2 is 2.14 bits per heavy atom. The fraction of sp³-hybridized carbons (Fsp3) is 0.429. The number of nitro benzene ring substituents is 1. The predicted molar refractivity (Wildman–Crippen MR) is 75.3 cm³/mol. The molecule has 7 nitrogen and oxygen atoms in total. The van der Waals surface area contributed by atoms with Crippen LogP contribution in [0.2, 0.25) is 0 Å². The van der Waals surface area contributed by atoms with Crippen LogP contribution in [-0.2, 0) is 16.0 Å². The lowest BCUT2D eigenvalue weighted by molar-refractivity contribution is -0.384. The van der Waals surface area contributed by atoms with E-state index >= 15 is 0 Å². The number of nitrogens with two attached hydrogens (primary N) is 1. The summed E-state index contributed by atoms with van der Waals surface area (Å²) in [5.74, 6) is -0.449. The molecule has 1 aromatic carbocycles. The summed E-state index contributed by atoms with van der Waals surface area (Å²) in [6.45, 7) is 0. The topological polar surface area (TPSA) is 115 Å². The smallest absolute Gasteiger partial charge is 0.269 e. The minimum absolute atomic E-state index is 0.0177. The molecule has 1 atom stereocenters. The van der Waals surface area contributed by atoms with Crippen molar-refractivity contribution in [3.05, 3.63) is 39.9 Å². The number of hydrogen-bond donors (Lipinski definition) is 2. The first kappa shape index (κ1) is 15.0. The van der Waals surface area contributed by atoms with Gasteiger partial charge in [0.1, 0.15) is 6.04 Å². The van der Waals surface area contributed by atoms with Crippen molar-refractivity contribution in [2.75, 3.05) is 0 Å². The molecule has 1 aliphatic rings. The number of primary amides is 1. The van der Waals surface area contributed by atoms with Crippen LogP contribution in [0.15, 0.2) is 24.3 Å². The van der Waals surface area contributed by atoms with Crippen molar-refractivity contribution < 1.29 is 14.5 Å². The predicted octanol–water partition coefficient (Wildman–Crippen LogP) is 0.907. The molecule has 0 spiro atoms. The van der Waals surface area contributed by atoms with Gasteiger partial charge in [0.15, 0.2) is 0 Å². The first-order valence-corrected chi connectivity index (χ1v) is 6.77. The van der Waals surface area contributed by atoms with E-state index in [0.717, 1.165) is 12.8 Å². The molecule has 0 unspecified atom stereocenters. The molecule has 1 fully saturated rings. The van der Waals surface area contributed by atoms with Gasteiger partial charge in [-0.3, -0.25) is 19.7 Å². The van der Waals surface area contributed by atoms with Crippen LogP contribution in [0, 0.1) is 16.0 Å². The molecule has 0 heterocycles. The van der Waals surface area contributed by atoms with Crippen LogP contribution in [0.1, 0.15) is 24.8 Å². The average molecular weight is 291 g/mol. The summed E-state index contributed by atoms with van der Waals surface area (Å²) in [5.41, 5.74) is 5.73. The first-order valence-electron chi connectivity index (χ1n) is 6.77. The number of nitrogens with one attached hydrogen (secondary N) is 1. The van der Waals surface area contributed by atoms with Crippen molar-refractivity contribution in [3.63, 3.8) is 0 Å². The highest BCUT2D eigenvalue weighted by molar-refractivity contribution is 5.87. The van der Waals surface area contributed by atoms with E-state index in [1.54, 1.807) is 6.07 Å². The van der Waals surface area contributed by atoms with E-state index in [0.29, 0.717) is 17.9 Å². The van der Waals surface area contributed by atoms with Crippen LogP contribution in [-0.4, -0.2) is 22.8 Å². The Morgan fingerprint density at radius 1 is 1.43 bits per heavy atom. The quantitative estimate of drug-likeness (QED) is 0.573. The summed E-state index contributed by atoms with van der Waals surface area (Å²) in [6, 6.07) is 5.20. The normalized spacial score (nSPS) is 15.2. The maximum absolute atomic E-state index is 11.9. The number of carbonyl (C=O) groups excluding carboxylic acids is 2. The molecule has 1 saturated carbocycles. The minimum atomic E-state index is -0.663. The molecule has 0 aromatic heterocycles. The zero-order valence-corrected chi connectivity index (χ0v) is 11.5. The van der Waals surface area contributed by atoms with E-state index in [9.17, 15) is 19.7 Å². The molecule has 0 saturated heterocycles. The zero-order chi connectivity index (χ0) is 15.4. The lowest BCUT2D eigenvalue weighted by Gasteiger charge is -2.15. The maximum Gasteiger partial charge on any atom is 0.269 e. The number of non-ortho nitro benzene ring substituents is 1. The van der Waals surface area contributed by atoms with Gasteiger partial charge in [-0.1, -0.05) is 25.0 Å². The minimum Gasteiger partial charge on any atom is -0.368 e. The average Bonchev–Trinajstić information content (AvgIpc) is 3.22. The van der Waals surface area contributed by atoms with Crippen LogP contribution in [0.4, 0.5) is 5.69 Å². The Bertz CT molecular complexity index is 569. The van der Waals surface area contributed by atoms with Crippen LogP contribution in [0.25, 0.3) is 0 Å². The summed E-state index contributed by atoms with van der Waals surface area (Å²) in [5, 5.41) is 13.3. The Morgan fingerprint density at radius 3 is 2.71 bits per heavy atom. The van der Waals surface area contributed by atoms with Gasteiger partial charge in [-0.05, 0) is 17.9 Å². The largest absolute Gasteiger partial charge is 0.368 e. The van der Waals surface area contributed by atoms with Crippen LogP contribution in [0.3, 0.4) is 0 Å². The van der Waals surface area contributed by atoms with Crippen molar-refractivity contribution in [1.82, 2.24) is 5.32 Å². The SMILES string of the molecule is NC(=O)[C@H](CC1CC1)NC(=O)Cc1cccc([N+](=O)[O-])c1. The molecule has 0 radical (unpaired) electrons. The molecule has 0 bridgehead atoms. The molecule has 1 aliphatic carbocycles. The van der Waals surface area contributed by atoms with E-state index in [-0.39, 0.29) is 18.0 Å². The molecular formula is C14H17N3O4. The van der Waals surface area contributed by atoms with Gasteiger partial charge in [0.05, 0.1) is 11.3 Å². The molecule has 1 aromatic rings. The zero-order valence-electron chi connectivity index (χ0n) is 11.5. The highest BCUT2D eigenvalue weighted by Crippen LogP contribution is 2.33. The second-order valence-corrected chi connectivity index (χ2v) is 5.31. The second-order valence-electron chi connectivity index (χ2n) is 5.31. The lowest BCUT2D eigenvalue weighted by atomic mass is 10.1. The monoisotopic (exact) mass is 291 g/mol. The van der Waals surface area contributed by atoms with Crippen molar-refractivity contribution >= 4 is 17.5 Å². The van der Waals surface area contributed by atoms with E-state index < -0.39 is 16.9 Å². The molecule has 112 valence electrons. The second kappa shape index (κ2) is 6.34. The summed E-state index contributed by atoms with van der Waals surface area (Å²) in [6.07, 6.45) is 2.67. The number of hydrogen-bond acceptors (Lipinski definition) is 4. The van der Waals surface area contributed by atoms with Crippen molar-refractivity contribution in [1.29, 1.82) is 0 Å². The molecule has 7 heteroatoms. The summed E-state index contributed by atoms with van der Waals surface area (Å²) < 4.78 is 0. The van der Waals surface area contributed by atoms with Crippen LogP contribution < -0.4 is 11.1 Å². The van der Waals surface area contributed by atoms with Gasteiger partial charge in [0.2, 0.25) is 11.8 Å². The number of nitro groups is 1. The molecule has 2 amide bonds. The highest BCUT2D eigenvalue weighted by Gasteiger charge is 2.29. The van der Waals surface area contributed by atoms with Crippen molar-refractivity contribution in [2.45, 2.75) is 31.7 Å². The Kier molecular flexibility index (Phi) is 4.52. The van der Waals surface area contributed by atoms with Gasteiger partial charge in [0.25, 0.3) is 5.69 Å². The third kappa shape index (κ3) is 4.55. The van der Waals surface area contributed by atoms with Gasteiger partial charge in [-0.15, -0.1) is 0 Å². The fourth-order valence-corrected chi connectivity index (χ4v) is 2.14. The molecular weight excluding hydrogens is 274 g/mol. The summed E-state index contributed by atoms with van der Waals surface area (Å²) in [4.78, 5) is 33.4. The number of amides is 2. The number of benzene rings is 1. The first-order chi connectivity index (χ1) is 9.95. The third-order valence-electron chi connectivity index (χ3n) is 3.43. The lowest BCUT2D eigenvalue weighted by Crippen LogP contribution is -2.45. The maximum atomic E-state index is 11.9. The standard InChI is InChI=1S/C14H17N3O4/c15-14(19)12(7-9-4-5-9)16-13(18)8-10-2-1-3-11(6-10)17(20)21/h1-3,6,9,12H,4-5,7-8H2,(H2,15,19)(H,16,18)/t12-/m0/s1. The fourth-order valence-electron chi connectivity index (χ4n) is 2.14. The van der Waals surface area contributed by atoms with E-state index in [2.05, 4.69) is 5.32 Å². The number of carbonyl (C=O) groups is 2. The number of nitrogens with zero attached hydrogens (tertiary/aromatic N) is 1. The van der Waals surface area contributed by atoms with Gasteiger partial charge in [-0.2, -0.15) is 0 Å². The Labute approximate surface area is 121 Å². The molecule has 3 N–H and O–H groups in total. The van der Waals surface area contributed by atoms with Gasteiger partial charge < -0.3 is 11.1 Å². The summed E-state index contributed by atoms with van der Waals surface area (Å²) in [7, 11) is 0. The van der Waals surface area contributed by atoms with Crippen molar-refractivity contribution in [3.8, 4) is 0 Å². The van der Waals surface area contributed by atoms with Gasteiger partial charge in [0, 0.05) is 12.1 Å². The van der Waals surface area contributed by atoms with Crippen LogP contribution >= 0.6 is 0 Å². The Hall–Kier alpha value is -2.44.